The zero-order valence-electron chi connectivity index (χ0n) is 17.8. The molecule has 0 spiro atoms. The zero-order valence-corrected chi connectivity index (χ0v) is 21.0. The summed E-state index contributed by atoms with van der Waals surface area (Å²) in [4.78, 5) is 27.9. The molecule has 0 radical (unpaired) electrons. The van der Waals surface area contributed by atoms with Crippen LogP contribution in [0.1, 0.15) is 57.7 Å². The van der Waals surface area contributed by atoms with Gasteiger partial charge in [0, 0.05) is 15.0 Å². The Balaban J connectivity index is 1.67. The summed E-state index contributed by atoms with van der Waals surface area (Å²) in [5, 5.41) is 8.56. The topological polar surface area (TPSA) is 58.2 Å². The Labute approximate surface area is 199 Å². The molecule has 0 fully saturated rings. The van der Waals surface area contributed by atoms with Gasteiger partial charge in [0.25, 0.3) is 11.8 Å². The van der Waals surface area contributed by atoms with Gasteiger partial charge in [-0.25, -0.2) is 0 Å². The van der Waals surface area contributed by atoms with E-state index in [0.717, 1.165) is 35.0 Å². The second-order valence-electron chi connectivity index (χ2n) is 8.91. The predicted octanol–water partition coefficient (Wildman–Crippen LogP) is 7.23. The monoisotopic (exact) mass is 516 g/mol. The van der Waals surface area contributed by atoms with Gasteiger partial charge in [0.15, 0.2) is 0 Å². The zero-order chi connectivity index (χ0) is 22.2. The highest BCUT2D eigenvalue weighted by molar-refractivity contribution is 9.10. The first-order chi connectivity index (χ1) is 14.7. The lowest BCUT2D eigenvalue weighted by molar-refractivity contribution is 0.102. The van der Waals surface area contributed by atoms with E-state index in [1.54, 1.807) is 17.4 Å². The number of hydrogen-bond acceptors (Lipinski definition) is 4. The molecule has 4 rings (SSSR count). The standard InChI is InChI=1S/C24H25BrN2O2S2/c1-24(2,3)14-6-11-17-19(13-14)31-23(27-21(28)18-5-4-12-30-18)20(17)22(29)26-16-9-7-15(25)8-10-16/h4-5,7-10,12,14H,6,11,13H2,1-3H3,(H,26,29)(H,27,28). The lowest BCUT2D eigenvalue weighted by Gasteiger charge is -2.33. The highest BCUT2D eigenvalue weighted by Gasteiger charge is 2.34. The van der Waals surface area contributed by atoms with E-state index in [9.17, 15) is 9.59 Å². The van der Waals surface area contributed by atoms with Gasteiger partial charge in [-0.1, -0.05) is 42.8 Å². The summed E-state index contributed by atoms with van der Waals surface area (Å²) in [6.07, 6.45) is 2.84. The van der Waals surface area contributed by atoms with Gasteiger partial charge >= 0.3 is 0 Å². The lowest BCUT2D eigenvalue weighted by Crippen LogP contribution is -2.27. The average Bonchev–Trinajstić information content (AvgIpc) is 3.36. The Morgan fingerprint density at radius 1 is 1.06 bits per heavy atom. The van der Waals surface area contributed by atoms with Crippen molar-refractivity contribution >= 4 is 61.1 Å². The molecule has 1 aromatic carbocycles. The molecule has 7 heteroatoms. The van der Waals surface area contributed by atoms with E-state index in [4.69, 9.17) is 0 Å². The molecule has 1 aliphatic carbocycles. The summed E-state index contributed by atoms with van der Waals surface area (Å²) in [5.74, 6) is 0.219. The van der Waals surface area contributed by atoms with Crippen LogP contribution in [0, 0.1) is 11.3 Å². The number of fused-ring (bicyclic) bond motifs is 1. The van der Waals surface area contributed by atoms with Crippen molar-refractivity contribution in [1.29, 1.82) is 0 Å². The van der Waals surface area contributed by atoms with Crippen LogP contribution < -0.4 is 10.6 Å². The highest BCUT2D eigenvalue weighted by atomic mass is 79.9. The Bertz CT molecular complexity index is 1100. The number of nitrogens with one attached hydrogen (secondary N) is 2. The van der Waals surface area contributed by atoms with Gasteiger partial charge in [-0.15, -0.1) is 22.7 Å². The van der Waals surface area contributed by atoms with Gasteiger partial charge in [0.2, 0.25) is 0 Å². The quantitative estimate of drug-likeness (QED) is 0.384. The molecule has 31 heavy (non-hydrogen) atoms. The molecule has 1 atom stereocenters. The number of benzene rings is 1. The number of carbonyl (C=O) groups excluding carboxylic acids is 2. The molecule has 0 bridgehead atoms. The van der Waals surface area contributed by atoms with Crippen LogP contribution in [-0.2, 0) is 12.8 Å². The molecule has 162 valence electrons. The molecule has 3 aromatic rings. The van der Waals surface area contributed by atoms with Gasteiger partial charge < -0.3 is 10.6 Å². The van der Waals surface area contributed by atoms with Crippen LogP contribution in [0.5, 0.6) is 0 Å². The van der Waals surface area contributed by atoms with Crippen LogP contribution in [0.3, 0.4) is 0 Å². The van der Waals surface area contributed by atoms with E-state index in [1.165, 1.54) is 16.2 Å². The van der Waals surface area contributed by atoms with Gasteiger partial charge in [0.1, 0.15) is 5.00 Å². The van der Waals surface area contributed by atoms with Crippen molar-refractivity contribution in [3.8, 4) is 0 Å². The maximum atomic E-state index is 13.3. The minimum Gasteiger partial charge on any atom is -0.322 e. The summed E-state index contributed by atoms with van der Waals surface area (Å²) in [6, 6.07) is 11.2. The molecule has 2 N–H and O–H groups in total. The Hall–Kier alpha value is -1.96. The number of amides is 2. The highest BCUT2D eigenvalue weighted by Crippen LogP contribution is 2.44. The second kappa shape index (κ2) is 8.88. The van der Waals surface area contributed by atoms with Crippen molar-refractivity contribution < 1.29 is 9.59 Å². The number of rotatable bonds is 4. The fourth-order valence-electron chi connectivity index (χ4n) is 3.95. The van der Waals surface area contributed by atoms with E-state index in [1.807, 2.05) is 35.7 Å². The number of hydrogen-bond donors (Lipinski definition) is 2. The summed E-state index contributed by atoms with van der Waals surface area (Å²) in [6.45, 7) is 6.82. The molecule has 2 amide bonds. The molecule has 4 nitrogen and oxygen atoms in total. The van der Waals surface area contributed by atoms with Crippen LogP contribution >= 0.6 is 38.6 Å². The number of thiophene rings is 2. The van der Waals surface area contributed by atoms with Crippen LogP contribution in [0.15, 0.2) is 46.3 Å². The van der Waals surface area contributed by atoms with Crippen LogP contribution in [0.25, 0.3) is 0 Å². The fourth-order valence-corrected chi connectivity index (χ4v) is 6.16. The van der Waals surface area contributed by atoms with Gasteiger partial charge in [-0.2, -0.15) is 0 Å². The number of halogens is 1. The van der Waals surface area contributed by atoms with Crippen molar-refractivity contribution in [3.05, 3.63) is 67.1 Å². The Morgan fingerprint density at radius 2 is 1.81 bits per heavy atom. The third kappa shape index (κ3) is 4.94. The fraction of sp³-hybridized carbons (Fsp3) is 0.333. The Kier molecular flexibility index (Phi) is 6.37. The van der Waals surface area contributed by atoms with Crippen molar-refractivity contribution in [2.75, 3.05) is 10.6 Å². The molecule has 2 aromatic heterocycles. The van der Waals surface area contributed by atoms with E-state index in [-0.39, 0.29) is 17.2 Å². The van der Waals surface area contributed by atoms with E-state index >= 15 is 0 Å². The molecular weight excluding hydrogens is 492 g/mol. The van der Waals surface area contributed by atoms with Gasteiger partial charge in [-0.05, 0) is 71.9 Å². The number of carbonyl (C=O) groups is 2. The summed E-state index contributed by atoms with van der Waals surface area (Å²) < 4.78 is 0.954. The van der Waals surface area contributed by atoms with Crippen LogP contribution in [-0.4, -0.2) is 11.8 Å². The predicted molar refractivity (Wildman–Crippen MR) is 134 cm³/mol. The summed E-state index contributed by atoms with van der Waals surface area (Å²) in [7, 11) is 0. The van der Waals surface area contributed by atoms with E-state index in [2.05, 4.69) is 47.3 Å². The van der Waals surface area contributed by atoms with Gasteiger partial charge in [0.05, 0.1) is 10.4 Å². The lowest BCUT2D eigenvalue weighted by atomic mass is 9.72. The smallest absolute Gasteiger partial charge is 0.266 e. The second-order valence-corrected chi connectivity index (χ2v) is 11.9. The molecule has 1 unspecified atom stereocenters. The Morgan fingerprint density at radius 3 is 2.45 bits per heavy atom. The third-order valence-electron chi connectivity index (χ3n) is 5.79. The third-order valence-corrected chi connectivity index (χ3v) is 8.36. The summed E-state index contributed by atoms with van der Waals surface area (Å²) >= 11 is 6.37. The van der Waals surface area contributed by atoms with Crippen LogP contribution in [0.4, 0.5) is 10.7 Å². The first-order valence-electron chi connectivity index (χ1n) is 10.3. The minimum absolute atomic E-state index is 0.168. The number of anilines is 2. The first-order valence-corrected chi connectivity index (χ1v) is 12.8. The SMILES string of the molecule is CC(C)(C)C1CCc2c(sc(NC(=O)c3cccs3)c2C(=O)Nc2ccc(Br)cc2)C1. The normalized spacial score (nSPS) is 15.9. The maximum absolute atomic E-state index is 13.3. The molecular formula is C24H25BrN2O2S2. The van der Waals surface area contributed by atoms with Crippen molar-refractivity contribution in [2.24, 2.45) is 11.3 Å². The van der Waals surface area contributed by atoms with Gasteiger partial charge in [-0.3, -0.25) is 9.59 Å². The summed E-state index contributed by atoms with van der Waals surface area (Å²) in [5.41, 5.74) is 2.64. The van der Waals surface area contributed by atoms with Crippen LogP contribution in [0.2, 0.25) is 0 Å². The molecule has 0 aliphatic heterocycles. The molecule has 2 heterocycles. The maximum Gasteiger partial charge on any atom is 0.266 e. The van der Waals surface area contributed by atoms with E-state index < -0.39 is 0 Å². The average molecular weight is 518 g/mol. The first kappa shape index (κ1) is 22.2. The van der Waals surface area contributed by atoms with Crippen molar-refractivity contribution in [2.45, 2.75) is 40.0 Å². The molecule has 1 aliphatic rings. The largest absolute Gasteiger partial charge is 0.322 e. The molecule has 0 saturated carbocycles. The van der Waals surface area contributed by atoms with Crippen molar-refractivity contribution in [3.63, 3.8) is 0 Å². The van der Waals surface area contributed by atoms with E-state index in [0.29, 0.717) is 21.4 Å². The minimum atomic E-state index is -0.171. The molecule has 0 saturated heterocycles. The van der Waals surface area contributed by atoms with Crippen molar-refractivity contribution in [1.82, 2.24) is 0 Å².